The Hall–Kier alpha value is -0.990. The van der Waals surface area contributed by atoms with E-state index in [0.29, 0.717) is 11.7 Å². The van der Waals surface area contributed by atoms with Crippen LogP contribution in [0.5, 0.6) is 0 Å². The first-order valence-corrected chi connectivity index (χ1v) is 8.75. The Morgan fingerprint density at radius 3 is 2.89 bits per heavy atom. The normalized spacial score (nSPS) is 23.1. The van der Waals surface area contributed by atoms with E-state index in [2.05, 4.69) is 4.98 Å². The van der Waals surface area contributed by atoms with Gasteiger partial charge < -0.3 is 0 Å². The molecule has 1 saturated heterocycles. The van der Waals surface area contributed by atoms with Crippen molar-refractivity contribution in [2.24, 2.45) is 11.1 Å². The van der Waals surface area contributed by atoms with Crippen molar-refractivity contribution in [3.8, 4) is 0 Å². The fraction of sp³-hybridized carbons (Fsp3) is 0.636. The van der Waals surface area contributed by atoms with Crippen LogP contribution in [0.25, 0.3) is 0 Å². The lowest BCUT2D eigenvalue weighted by atomic mass is 10.1. The van der Waals surface area contributed by atoms with Crippen molar-refractivity contribution in [3.63, 3.8) is 0 Å². The highest BCUT2D eigenvalue weighted by Gasteiger charge is 2.35. The minimum absolute atomic E-state index is 0.0546. The van der Waals surface area contributed by atoms with Crippen LogP contribution in [-0.2, 0) is 27.7 Å². The smallest absolute Gasteiger partial charge is 0.229 e. The number of carbonyl (C=O) groups is 1. The molecule has 1 aromatic heterocycles. The van der Waals surface area contributed by atoms with Crippen LogP contribution in [0.4, 0.5) is 5.13 Å². The topological polar surface area (TPSA) is 93.4 Å². The number of carbonyl (C=O) groups excluding carboxylic acids is 1. The molecule has 0 spiro atoms. The Kier molecular flexibility index (Phi) is 3.11. The SMILES string of the molecule is NS(=O)(=O)CC1CC(=O)N(c2nc3c(s2)CCC3)C1. The molecule has 3 rings (SSSR count). The van der Waals surface area contributed by atoms with E-state index >= 15 is 0 Å². The third-order valence-electron chi connectivity index (χ3n) is 3.49. The molecule has 104 valence electrons. The number of primary sulfonamides is 1. The summed E-state index contributed by atoms with van der Waals surface area (Å²) in [5, 5.41) is 5.75. The van der Waals surface area contributed by atoms with Gasteiger partial charge in [0.15, 0.2) is 5.13 Å². The van der Waals surface area contributed by atoms with Crippen LogP contribution in [0, 0.1) is 5.92 Å². The number of nitrogens with zero attached hydrogens (tertiary/aromatic N) is 2. The van der Waals surface area contributed by atoms with Gasteiger partial charge in [-0.3, -0.25) is 9.69 Å². The van der Waals surface area contributed by atoms with E-state index in [1.54, 1.807) is 16.2 Å². The van der Waals surface area contributed by atoms with E-state index in [4.69, 9.17) is 5.14 Å². The van der Waals surface area contributed by atoms with Crippen molar-refractivity contribution in [1.29, 1.82) is 0 Å². The van der Waals surface area contributed by atoms with Gasteiger partial charge in [0.05, 0.1) is 11.4 Å². The molecule has 0 bridgehead atoms. The minimum Gasteiger partial charge on any atom is -0.288 e. The van der Waals surface area contributed by atoms with Crippen molar-refractivity contribution in [2.45, 2.75) is 25.7 Å². The van der Waals surface area contributed by atoms with Gasteiger partial charge in [0.2, 0.25) is 15.9 Å². The molecule has 1 fully saturated rings. The highest BCUT2D eigenvalue weighted by atomic mass is 32.2. The van der Waals surface area contributed by atoms with Crippen LogP contribution in [0.2, 0.25) is 0 Å². The van der Waals surface area contributed by atoms with Crippen molar-refractivity contribution in [1.82, 2.24) is 4.98 Å². The van der Waals surface area contributed by atoms with E-state index in [9.17, 15) is 13.2 Å². The number of thiazole rings is 1. The Morgan fingerprint density at radius 2 is 2.21 bits per heavy atom. The lowest BCUT2D eigenvalue weighted by Crippen LogP contribution is -2.27. The maximum absolute atomic E-state index is 12.0. The molecule has 1 aliphatic carbocycles. The van der Waals surface area contributed by atoms with Crippen LogP contribution in [0.1, 0.15) is 23.4 Å². The van der Waals surface area contributed by atoms with Gasteiger partial charge in [-0.1, -0.05) is 0 Å². The average molecular weight is 301 g/mol. The monoisotopic (exact) mass is 301 g/mol. The number of aryl methyl sites for hydroxylation is 2. The van der Waals surface area contributed by atoms with Gasteiger partial charge in [-0.05, 0) is 19.3 Å². The lowest BCUT2D eigenvalue weighted by Gasteiger charge is -2.12. The first-order valence-electron chi connectivity index (χ1n) is 6.22. The summed E-state index contributed by atoms with van der Waals surface area (Å²) in [6.45, 7) is 0.404. The third kappa shape index (κ3) is 2.65. The largest absolute Gasteiger partial charge is 0.288 e. The fourth-order valence-electron chi connectivity index (χ4n) is 2.70. The summed E-state index contributed by atoms with van der Waals surface area (Å²) in [4.78, 5) is 19.3. The van der Waals surface area contributed by atoms with Gasteiger partial charge in [0.1, 0.15) is 0 Å². The number of sulfonamides is 1. The first kappa shape index (κ1) is 13.0. The predicted octanol–water partition coefficient (Wildman–Crippen LogP) is 0.273. The van der Waals surface area contributed by atoms with Gasteiger partial charge in [0.25, 0.3) is 0 Å². The lowest BCUT2D eigenvalue weighted by molar-refractivity contribution is -0.117. The molecule has 8 heteroatoms. The van der Waals surface area contributed by atoms with E-state index in [1.807, 2.05) is 0 Å². The highest BCUT2D eigenvalue weighted by molar-refractivity contribution is 7.89. The van der Waals surface area contributed by atoms with E-state index in [1.165, 1.54) is 4.88 Å². The van der Waals surface area contributed by atoms with Crippen LogP contribution < -0.4 is 10.0 Å². The van der Waals surface area contributed by atoms with Gasteiger partial charge in [0, 0.05) is 23.8 Å². The van der Waals surface area contributed by atoms with Crippen LogP contribution >= 0.6 is 11.3 Å². The van der Waals surface area contributed by atoms with Crippen LogP contribution in [0.15, 0.2) is 0 Å². The average Bonchev–Trinajstić information content (AvgIpc) is 2.88. The standard InChI is InChI=1S/C11H15N3O3S2/c12-19(16,17)6-7-4-10(15)14(5-7)11-13-8-2-1-3-9(8)18-11/h7H,1-6H2,(H2,12,16,17). The van der Waals surface area contributed by atoms with E-state index in [-0.39, 0.29) is 24.0 Å². The second-order valence-electron chi connectivity index (χ2n) is 5.12. The second-order valence-corrected chi connectivity index (χ2v) is 7.85. The molecule has 0 aromatic carbocycles. The minimum atomic E-state index is -3.53. The number of rotatable bonds is 3. The van der Waals surface area contributed by atoms with Crippen molar-refractivity contribution in [3.05, 3.63) is 10.6 Å². The number of amides is 1. The highest BCUT2D eigenvalue weighted by Crippen LogP contribution is 2.35. The summed E-state index contributed by atoms with van der Waals surface area (Å²) in [6.07, 6.45) is 3.39. The summed E-state index contributed by atoms with van der Waals surface area (Å²) in [5.41, 5.74) is 1.10. The van der Waals surface area contributed by atoms with Gasteiger partial charge in [-0.2, -0.15) is 0 Å². The first-order chi connectivity index (χ1) is 8.92. The molecule has 2 heterocycles. The number of hydrogen-bond acceptors (Lipinski definition) is 5. The molecule has 0 saturated carbocycles. The zero-order chi connectivity index (χ0) is 13.6. The van der Waals surface area contributed by atoms with E-state index < -0.39 is 10.0 Å². The second kappa shape index (κ2) is 4.53. The number of fused-ring (bicyclic) bond motifs is 1. The molecular formula is C11H15N3O3S2. The summed E-state index contributed by atoms with van der Waals surface area (Å²) in [5.74, 6) is -0.414. The molecule has 1 atom stereocenters. The molecular weight excluding hydrogens is 286 g/mol. The van der Waals surface area contributed by atoms with Crippen molar-refractivity contribution in [2.75, 3.05) is 17.2 Å². The van der Waals surface area contributed by atoms with Gasteiger partial charge in [-0.25, -0.2) is 18.5 Å². The molecule has 6 nitrogen and oxygen atoms in total. The molecule has 2 aliphatic rings. The number of nitrogens with two attached hydrogens (primary N) is 1. The number of hydrogen-bond donors (Lipinski definition) is 1. The van der Waals surface area contributed by atoms with Crippen LogP contribution in [-0.4, -0.2) is 31.6 Å². The Balaban J connectivity index is 1.76. The fourth-order valence-corrected chi connectivity index (χ4v) is 4.75. The molecule has 1 aromatic rings. The summed E-state index contributed by atoms with van der Waals surface area (Å²) < 4.78 is 22.2. The molecule has 1 aliphatic heterocycles. The molecule has 0 radical (unpaired) electrons. The maximum atomic E-state index is 12.0. The molecule has 19 heavy (non-hydrogen) atoms. The maximum Gasteiger partial charge on any atom is 0.229 e. The Morgan fingerprint density at radius 1 is 1.42 bits per heavy atom. The summed E-state index contributed by atoms with van der Waals surface area (Å²) in [6, 6.07) is 0. The summed E-state index contributed by atoms with van der Waals surface area (Å²) >= 11 is 1.56. The third-order valence-corrected chi connectivity index (χ3v) is 5.60. The van der Waals surface area contributed by atoms with Crippen molar-refractivity contribution < 1.29 is 13.2 Å². The Labute approximate surface area is 115 Å². The van der Waals surface area contributed by atoms with Gasteiger partial charge >= 0.3 is 0 Å². The van der Waals surface area contributed by atoms with Gasteiger partial charge in [-0.15, -0.1) is 11.3 Å². The molecule has 1 amide bonds. The zero-order valence-corrected chi connectivity index (χ0v) is 12.0. The van der Waals surface area contributed by atoms with Crippen LogP contribution in [0.3, 0.4) is 0 Å². The number of aromatic nitrogens is 1. The Bertz CT molecular complexity index is 602. The zero-order valence-electron chi connectivity index (χ0n) is 10.3. The predicted molar refractivity (Wildman–Crippen MR) is 72.6 cm³/mol. The number of anilines is 1. The van der Waals surface area contributed by atoms with E-state index in [0.717, 1.165) is 25.0 Å². The quantitative estimate of drug-likeness (QED) is 0.867. The summed E-state index contributed by atoms with van der Waals surface area (Å²) in [7, 11) is -3.53. The molecule has 1 unspecified atom stereocenters. The molecule has 2 N–H and O–H groups in total. The van der Waals surface area contributed by atoms with Crippen molar-refractivity contribution >= 4 is 32.4 Å².